The standard InChI is InChI=1S/C27H30N2O5S/c1-20-12-18-23(19-13-20)35(32,33)29-25-10-7-6-9-24(25)27(31)28-22-16-14-21(15-17-22)8-4-3-5-11-26(30)34-2/h6-7,9-10,12-19,29H,3-5,8,11H2,1-2H3,(H,28,31). The molecule has 0 fully saturated rings. The Hall–Kier alpha value is -3.65. The van der Waals surface area contributed by atoms with Gasteiger partial charge in [0, 0.05) is 12.1 Å². The van der Waals surface area contributed by atoms with E-state index in [4.69, 9.17) is 0 Å². The van der Waals surface area contributed by atoms with E-state index >= 15 is 0 Å². The third kappa shape index (κ3) is 7.68. The highest BCUT2D eigenvalue weighted by molar-refractivity contribution is 7.92. The highest BCUT2D eigenvalue weighted by Crippen LogP contribution is 2.22. The molecule has 0 unspecified atom stereocenters. The van der Waals surface area contributed by atoms with Crippen LogP contribution in [0, 0.1) is 6.92 Å². The molecule has 3 aromatic rings. The topological polar surface area (TPSA) is 102 Å². The van der Waals surface area contributed by atoms with Crippen LogP contribution in [-0.4, -0.2) is 27.4 Å². The van der Waals surface area contributed by atoms with Crippen LogP contribution in [0.3, 0.4) is 0 Å². The molecule has 184 valence electrons. The number of aryl methyl sites for hydroxylation is 2. The number of carbonyl (C=O) groups excluding carboxylic acids is 2. The second kappa shape index (κ2) is 12.2. The first-order valence-corrected chi connectivity index (χ1v) is 12.9. The van der Waals surface area contributed by atoms with Crippen LogP contribution in [0.2, 0.25) is 0 Å². The summed E-state index contributed by atoms with van der Waals surface area (Å²) < 4.78 is 32.8. The van der Waals surface area contributed by atoms with Crippen LogP contribution >= 0.6 is 0 Å². The first-order chi connectivity index (χ1) is 16.8. The summed E-state index contributed by atoms with van der Waals surface area (Å²) in [5.74, 6) is -0.600. The maximum atomic E-state index is 12.9. The number of ether oxygens (including phenoxy) is 1. The molecule has 0 saturated heterocycles. The fourth-order valence-electron chi connectivity index (χ4n) is 3.52. The summed E-state index contributed by atoms with van der Waals surface area (Å²) in [7, 11) is -2.45. The van der Waals surface area contributed by atoms with Crippen LogP contribution < -0.4 is 10.0 Å². The summed E-state index contributed by atoms with van der Waals surface area (Å²) in [6, 6.07) is 20.5. The Kier molecular flexibility index (Phi) is 9.03. The van der Waals surface area contributed by atoms with E-state index in [1.807, 2.05) is 31.2 Å². The summed E-state index contributed by atoms with van der Waals surface area (Å²) in [5.41, 5.74) is 3.12. The van der Waals surface area contributed by atoms with Crippen molar-refractivity contribution in [3.8, 4) is 0 Å². The lowest BCUT2D eigenvalue weighted by molar-refractivity contribution is -0.140. The Morgan fingerprint density at radius 2 is 1.54 bits per heavy atom. The number of methoxy groups -OCH3 is 1. The second-order valence-electron chi connectivity index (χ2n) is 8.25. The van der Waals surface area contributed by atoms with Crippen molar-refractivity contribution < 1.29 is 22.7 Å². The summed E-state index contributed by atoms with van der Waals surface area (Å²) in [6.45, 7) is 1.88. The van der Waals surface area contributed by atoms with Gasteiger partial charge in [-0.1, -0.05) is 48.4 Å². The molecule has 3 rings (SSSR count). The highest BCUT2D eigenvalue weighted by atomic mass is 32.2. The number of anilines is 2. The lowest BCUT2D eigenvalue weighted by Crippen LogP contribution is -2.18. The number of esters is 1. The van der Waals surface area contributed by atoms with Gasteiger partial charge in [0.05, 0.1) is 23.3 Å². The molecule has 8 heteroatoms. The molecule has 0 heterocycles. The smallest absolute Gasteiger partial charge is 0.305 e. The highest BCUT2D eigenvalue weighted by Gasteiger charge is 2.18. The minimum absolute atomic E-state index is 0.124. The van der Waals surface area contributed by atoms with Crippen LogP contribution in [-0.2, 0) is 26.0 Å². The molecule has 2 N–H and O–H groups in total. The predicted molar refractivity (Wildman–Crippen MR) is 137 cm³/mol. The molecule has 0 spiro atoms. The van der Waals surface area contributed by atoms with E-state index < -0.39 is 15.9 Å². The Balaban J connectivity index is 1.60. The minimum atomic E-state index is -3.84. The zero-order chi connectivity index (χ0) is 25.3. The van der Waals surface area contributed by atoms with E-state index in [1.165, 1.54) is 19.2 Å². The van der Waals surface area contributed by atoms with Crippen molar-refractivity contribution in [2.75, 3.05) is 17.1 Å². The van der Waals surface area contributed by atoms with Crippen LogP contribution in [0.25, 0.3) is 0 Å². The van der Waals surface area contributed by atoms with Gasteiger partial charge in [-0.2, -0.15) is 0 Å². The van der Waals surface area contributed by atoms with Gasteiger partial charge in [-0.15, -0.1) is 0 Å². The Bertz CT molecular complexity index is 1250. The third-order valence-corrected chi connectivity index (χ3v) is 6.91. The number of para-hydroxylation sites is 1. The number of hydrogen-bond donors (Lipinski definition) is 2. The molecule has 7 nitrogen and oxygen atoms in total. The lowest BCUT2D eigenvalue weighted by Gasteiger charge is -2.13. The molecule has 0 aliphatic heterocycles. The molecule has 0 bridgehead atoms. The van der Waals surface area contributed by atoms with Crippen LogP contribution in [0.4, 0.5) is 11.4 Å². The number of nitrogens with one attached hydrogen (secondary N) is 2. The first-order valence-electron chi connectivity index (χ1n) is 11.4. The maximum Gasteiger partial charge on any atom is 0.305 e. The van der Waals surface area contributed by atoms with Crippen LogP contribution in [0.5, 0.6) is 0 Å². The van der Waals surface area contributed by atoms with Crippen molar-refractivity contribution >= 4 is 33.3 Å². The van der Waals surface area contributed by atoms with E-state index in [-0.39, 0.29) is 22.1 Å². The Morgan fingerprint density at radius 3 is 2.23 bits per heavy atom. The van der Waals surface area contributed by atoms with Gasteiger partial charge in [-0.3, -0.25) is 14.3 Å². The summed E-state index contributed by atoms with van der Waals surface area (Å²) >= 11 is 0. The average Bonchev–Trinajstić information content (AvgIpc) is 2.85. The number of unbranched alkanes of at least 4 members (excludes halogenated alkanes) is 2. The largest absolute Gasteiger partial charge is 0.469 e. The summed E-state index contributed by atoms with van der Waals surface area (Å²) in [5, 5.41) is 2.83. The number of rotatable bonds is 11. The van der Waals surface area contributed by atoms with E-state index in [0.717, 1.165) is 36.8 Å². The van der Waals surface area contributed by atoms with Crippen molar-refractivity contribution in [1.29, 1.82) is 0 Å². The van der Waals surface area contributed by atoms with Crippen molar-refractivity contribution in [3.05, 3.63) is 89.5 Å². The zero-order valence-electron chi connectivity index (χ0n) is 19.9. The van der Waals surface area contributed by atoms with Gasteiger partial charge < -0.3 is 10.1 Å². The summed E-state index contributed by atoms with van der Waals surface area (Å²) in [6.07, 6.45) is 4.00. The molecule has 0 atom stereocenters. The van der Waals surface area contributed by atoms with E-state index in [0.29, 0.717) is 12.1 Å². The zero-order valence-corrected chi connectivity index (χ0v) is 20.7. The molecule has 3 aromatic carbocycles. The molecule has 0 saturated carbocycles. The molecule has 0 aliphatic carbocycles. The van der Waals surface area contributed by atoms with Gasteiger partial charge >= 0.3 is 5.97 Å². The quantitative estimate of drug-likeness (QED) is 0.277. The van der Waals surface area contributed by atoms with Gasteiger partial charge in [0.1, 0.15) is 0 Å². The normalized spacial score (nSPS) is 11.0. The molecule has 0 radical (unpaired) electrons. The molecular weight excluding hydrogens is 464 g/mol. The van der Waals surface area contributed by atoms with Crippen molar-refractivity contribution in [2.45, 2.75) is 43.9 Å². The monoisotopic (exact) mass is 494 g/mol. The van der Waals surface area contributed by atoms with Crippen LogP contribution in [0.15, 0.2) is 77.7 Å². The van der Waals surface area contributed by atoms with Gasteiger partial charge in [-0.25, -0.2) is 8.42 Å². The van der Waals surface area contributed by atoms with Gasteiger partial charge in [0.25, 0.3) is 15.9 Å². The minimum Gasteiger partial charge on any atom is -0.469 e. The second-order valence-corrected chi connectivity index (χ2v) is 9.93. The Morgan fingerprint density at radius 1 is 0.857 bits per heavy atom. The average molecular weight is 495 g/mol. The van der Waals surface area contributed by atoms with Crippen molar-refractivity contribution in [3.63, 3.8) is 0 Å². The predicted octanol–water partition coefficient (Wildman–Crippen LogP) is 5.32. The molecule has 0 aliphatic rings. The van der Waals surface area contributed by atoms with Crippen LogP contribution in [0.1, 0.15) is 47.2 Å². The van der Waals surface area contributed by atoms with Crippen molar-refractivity contribution in [2.24, 2.45) is 0 Å². The number of amides is 1. The van der Waals surface area contributed by atoms with Gasteiger partial charge in [0.2, 0.25) is 0 Å². The third-order valence-electron chi connectivity index (χ3n) is 5.53. The Labute approximate surface area is 206 Å². The lowest BCUT2D eigenvalue weighted by atomic mass is 10.1. The van der Waals surface area contributed by atoms with Crippen molar-refractivity contribution in [1.82, 2.24) is 0 Å². The molecular formula is C27H30N2O5S. The summed E-state index contributed by atoms with van der Waals surface area (Å²) in [4.78, 5) is 24.2. The molecule has 0 aromatic heterocycles. The van der Waals surface area contributed by atoms with Gasteiger partial charge in [0.15, 0.2) is 0 Å². The van der Waals surface area contributed by atoms with E-state index in [1.54, 1.807) is 36.4 Å². The molecule has 35 heavy (non-hydrogen) atoms. The fraction of sp³-hybridized carbons (Fsp3) is 0.259. The molecule has 1 amide bonds. The number of hydrogen-bond acceptors (Lipinski definition) is 5. The van der Waals surface area contributed by atoms with E-state index in [9.17, 15) is 18.0 Å². The first kappa shape index (κ1) is 26.0. The number of sulfonamides is 1. The SMILES string of the molecule is COC(=O)CCCCCc1ccc(NC(=O)c2ccccc2NS(=O)(=O)c2ccc(C)cc2)cc1. The van der Waals surface area contributed by atoms with E-state index in [2.05, 4.69) is 14.8 Å². The van der Waals surface area contributed by atoms with Gasteiger partial charge in [-0.05, 0) is 68.1 Å². The maximum absolute atomic E-state index is 12.9. The number of benzene rings is 3. The number of carbonyl (C=O) groups is 2. The fourth-order valence-corrected chi connectivity index (χ4v) is 4.60.